The van der Waals surface area contributed by atoms with E-state index in [0.29, 0.717) is 18.0 Å². The molecule has 1 aromatic heterocycles. The summed E-state index contributed by atoms with van der Waals surface area (Å²) in [5, 5.41) is 8.63. The maximum atomic E-state index is 6.44. The van der Waals surface area contributed by atoms with Crippen LogP contribution in [0.15, 0.2) is 6.33 Å². The highest BCUT2D eigenvalue weighted by molar-refractivity contribution is 5.14. The monoisotopic (exact) mass is 246 g/mol. The van der Waals surface area contributed by atoms with Gasteiger partial charge in [-0.3, -0.25) is 0 Å². The predicted octanol–water partition coefficient (Wildman–Crippen LogP) is 2.23. The molecule has 4 heteroatoms. The van der Waals surface area contributed by atoms with Crippen molar-refractivity contribution in [3.05, 3.63) is 12.2 Å². The molecule has 18 heavy (non-hydrogen) atoms. The van der Waals surface area contributed by atoms with Crippen molar-refractivity contribution in [3.63, 3.8) is 0 Å². The predicted molar refractivity (Wildman–Crippen MR) is 69.1 cm³/mol. The molecule has 98 valence electrons. The van der Waals surface area contributed by atoms with Crippen molar-refractivity contribution in [2.45, 2.75) is 62.9 Å². The summed E-state index contributed by atoms with van der Waals surface area (Å²) in [5.74, 6) is 3.19. The number of hydrogen-bond acceptors (Lipinski definition) is 3. The van der Waals surface area contributed by atoms with Gasteiger partial charge >= 0.3 is 0 Å². The zero-order chi connectivity index (χ0) is 12.1. The van der Waals surface area contributed by atoms with E-state index in [-0.39, 0.29) is 0 Å². The molecule has 3 aliphatic carbocycles. The number of hydrogen-bond donors (Lipinski definition) is 1. The van der Waals surface area contributed by atoms with Crippen LogP contribution in [-0.2, 0) is 0 Å². The largest absolute Gasteiger partial charge is 0.327 e. The quantitative estimate of drug-likeness (QED) is 0.870. The topological polar surface area (TPSA) is 56.7 Å². The minimum Gasteiger partial charge on any atom is -0.327 e. The summed E-state index contributed by atoms with van der Waals surface area (Å²) in [6, 6.07) is 0.967. The molecule has 0 radical (unpaired) electrons. The summed E-state index contributed by atoms with van der Waals surface area (Å²) in [4.78, 5) is 0. The first-order chi connectivity index (χ1) is 8.84. The number of aromatic nitrogens is 3. The minimum atomic E-state index is 0.327. The summed E-state index contributed by atoms with van der Waals surface area (Å²) in [5.41, 5.74) is 6.44. The SMILES string of the molecule is NC1C2CCC(C2)C1c1nncn1C1CCCC1. The summed E-state index contributed by atoms with van der Waals surface area (Å²) in [6.45, 7) is 0. The van der Waals surface area contributed by atoms with Gasteiger partial charge in [0.2, 0.25) is 0 Å². The number of nitrogens with zero attached hydrogens (tertiary/aromatic N) is 3. The lowest BCUT2D eigenvalue weighted by molar-refractivity contribution is 0.336. The summed E-state index contributed by atoms with van der Waals surface area (Å²) >= 11 is 0. The van der Waals surface area contributed by atoms with Gasteiger partial charge < -0.3 is 10.3 Å². The molecule has 0 spiro atoms. The Bertz CT molecular complexity index is 433. The van der Waals surface area contributed by atoms with E-state index in [9.17, 15) is 0 Å². The molecule has 3 aliphatic rings. The highest BCUT2D eigenvalue weighted by Crippen LogP contribution is 2.52. The highest BCUT2D eigenvalue weighted by Gasteiger charge is 2.48. The van der Waals surface area contributed by atoms with Crippen LogP contribution >= 0.6 is 0 Å². The zero-order valence-electron chi connectivity index (χ0n) is 10.8. The lowest BCUT2D eigenvalue weighted by atomic mass is 9.84. The van der Waals surface area contributed by atoms with Crippen molar-refractivity contribution in [2.24, 2.45) is 17.6 Å². The molecular weight excluding hydrogens is 224 g/mol. The van der Waals surface area contributed by atoms with Crippen LogP contribution in [0.2, 0.25) is 0 Å². The molecule has 1 heterocycles. The van der Waals surface area contributed by atoms with Crippen molar-refractivity contribution in [1.82, 2.24) is 14.8 Å². The Morgan fingerprint density at radius 3 is 2.61 bits per heavy atom. The Morgan fingerprint density at radius 2 is 1.89 bits per heavy atom. The van der Waals surface area contributed by atoms with Crippen LogP contribution in [0.3, 0.4) is 0 Å². The highest BCUT2D eigenvalue weighted by atomic mass is 15.3. The van der Waals surface area contributed by atoms with Crippen LogP contribution in [0.5, 0.6) is 0 Å². The van der Waals surface area contributed by atoms with E-state index in [1.165, 1.54) is 50.8 Å². The Labute approximate surface area is 108 Å². The molecule has 4 atom stereocenters. The van der Waals surface area contributed by atoms with Gasteiger partial charge in [-0.2, -0.15) is 0 Å². The summed E-state index contributed by atoms with van der Waals surface area (Å²) in [7, 11) is 0. The van der Waals surface area contributed by atoms with Gasteiger partial charge in [-0.25, -0.2) is 0 Å². The Kier molecular flexibility index (Phi) is 2.47. The molecule has 3 saturated carbocycles. The van der Waals surface area contributed by atoms with Crippen LogP contribution < -0.4 is 5.73 Å². The lowest BCUT2D eigenvalue weighted by Crippen LogP contribution is -2.35. The van der Waals surface area contributed by atoms with Crippen molar-refractivity contribution >= 4 is 0 Å². The Morgan fingerprint density at radius 1 is 1.11 bits per heavy atom. The van der Waals surface area contributed by atoms with Gasteiger partial charge in [-0.1, -0.05) is 12.8 Å². The molecule has 2 bridgehead atoms. The van der Waals surface area contributed by atoms with Crippen LogP contribution in [-0.4, -0.2) is 20.8 Å². The molecule has 1 aromatic rings. The first-order valence-electron chi connectivity index (χ1n) is 7.49. The van der Waals surface area contributed by atoms with Crippen molar-refractivity contribution in [1.29, 1.82) is 0 Å². The van der Waals surface area contributed by atoms with E-state index < -0.39 is 0 Å². The molecule has 2 N–H and O–H groups in total. The maximum Gasteiger partial charge on any atom is 0.138 e. The van der Waals surface area contributed by atoms with Gasteiger partial charge in [0, 0.05) is 18.0 Å². The van der Waals surface area contributed by atoms with Crippen molar-refractivity contribution in [2.75, 3.05) is 0 Å². The number of nitrogens with two attached hydrogens (primary N) is 1. The van der Waals surface area contributed by atoms with Crippen molar-refractivity contribution in [3.8, 4) is 0 Å². The van der Waals surface area contributed by atoms with Crippen LogP contribution in [0.4, 0.5) is 0 Å². The maximum absolute atomic E-state index is 6.44. The van der Waals surface area contributed by atoms with E-state index in [1.807, 2.05) is 6.33 Å². The van der Waals surface area contributed by atoms with E-state index in [1.54, 1.807) is 0 Å². The van der Waals surface area contributed by atoms with Crippen LogP contribution in [0, 0.1) is 11.8 Å². The summed E-state index contributed by atoms with van der Waals surface area (Å²) < 4.78 is 2.36. The third kappa shape index (κ3) is 1.48. The van der Waals surface area contributed by atoms with E-state index in [0.717, 1.165) is 11.8 Å². The fourth-order valence-corrected chi connectivity index (χ4v) is 4.67. The van der Waals surface area contributed by atoms with Gasteiger partial charge in [-0.05, 0) is 43.9 Å². The second-order valence-electron chi connectivity index (χ2n) is 6.47. The molecule has 3 fully saturated rings. The molecule has 0 saturated heterocycles. The second-order valence-corrected chi connectivity index (χ2v) is 6.47. The average Bonchev–Trinajstić information content (AvgIpc) is 3.13. The van der Waals surface area contributed by atoms with Crippen LogP contribution in [0.25, 0.3) is 0 Å². The normalized spacial score (nSPS) is 39.8. The second kappa shape index (κ2) is 4.05. The third-order valence-corrected chi connectivity index (χ3v) is 5.60. The molecule has 4 nitrogen and oxygen atoms in total. The molecule has 4 unspecified atom stereocenters. The van der Waals surface area contributed by atoms with Gasteiger partial charge in [0.15, 0.2) is 0 Å². The van der Waals surface area contributed by atoms with Gasteiger partial charge in [0.05, 0.1) is 0 Å². The number of fused-ring (bicyclic) bond motifs is 2. The number of rotatable bonds is 2. The first kappa shape index (κ1) is 11.0. The summed E-state index contributed by atoms with van der Waals surface area (Å²) in [6.07, 6.45) is 11.2. The zero-order valence-corrected chi connectivity index (χ0v) is 10.8. The fraction of sp³-hybridized carbons (Fsp3) is 0.857. The van der Waals surface area contributed by atoms with Gasteiger partial charge in [0.25, 0.3) is 0 Å². The minimum absolute atomic E-state index is 0.327. The fourth-order valence-electron chi connectivity index (χ4n) is 4.67. The van der Waals surface area contributed by atoms with E-state index in [2.05, 4.69) is 14.8 Å². The Hall–Kier alpha value is -0.900. The van der Waals surface area contributed by atoms with Gasteiger partial charge in [0.1, 0.15) is 12.2 Å². The first-order valence-corrected chi connectivity index (χ1v) is 7.49. The lowest BCUT2D eigenvalue weighted by Gasteiger charge is -2.28. The molecule has 4 rings (SSSR count). The smallest absolute Gasteiger partial charge is 0.138 e. The third-order valence-electron chi connectivity index (χ3n) is 5.60. The van der Waals surface area contributed by atoms with E-state index >= 15 is 0 Å². The Balaban J connectivity index is 1.66. The standard InChI is InChI=1S/C14H22N4/c15-13-10-6-5-9(7-10)12(13)14-17-16-8-18(14)11-3-1-2-4-11/h8-13H,1-7,15H2. The average molecular weight is 246 g/mol. The molecular formula is C14H22N4. The molecule has 0 aliphatic heterocycles. The molecule has 0 aromatic carbocycles. The van der Waals surface area contributed by atoms with Crippen LogP contribution in [0.1, 0.15) is 62.7 Å². The molecule has 0 amide bonds. The van der Waals surface area contributed by atoms with Gasteiger partial charge in [-0.15, -0.1) is 10.2 Å². The van der Waals surface area contributed by atoms with E-state index in [4.69, 9.17) is 5.73 Å². The van der Waals surface area contributed by atoms with Crippen molar-refractivity contribution < 1.29 is 0 Å².